The van der Waals surface area contributed by atoms with Crippen LogP contribution in [0.25, 0.3) is 0 Å². The summed E-state index contributed by atoms with van der Waals surface area (Å²) in [7, 11) is 1.46. The number of hydrogen-bond donors (Lipinski definition) is 3. The van der Waals surface area contributed by atoms with E-state index < -0.39 is 5.97 Å². The highest BCUT2D eigenvalue weighted by Crippen LogP contribution is 2.32. The van der Waals surface area contributed by atoms with Crippen molar-refractivity contribution in [3.8, 4) is 17.4 Å². The van der Waals surface area contributed by atoms with Gasteiger partial charge >= 0.3 is 5.97 Å². The summed E-state index contributed by atoms with van der Waals surface area (Å²) in [5, 5.41) is 18.1. The van der Waals surface area contributed by atoms with E-state index in [1.165, 1.54) is 19.4 Å². The Kier molecular flexibility index (Phi) is 4.24. The molecule has 0 fully saturated rings. The molecule has 0 aliphatic heterocycles. The molecule has 21 heavy (non-hydrogen) atoms. The number of nitrogens with two attached hydrogens (primary N) is 1. The summed E-state index contributed by atoms with van der Waals surface area (Å²) >= 11 is 0. The van der Waals surface area contributed by atoms with Gasteiger partial charge in [-0.3, -0.25) is 0 Å². The number of carbonyl (C=O) groups is 1. The van der Waals surface area contributed by atoms with E-state index in [4.69, 9.17) is 25.4 Å². The molecule has 0 amide bonds. The van der Waals surface area contributed by atoms with Gasteiger partial charge in [0.1, 0.15) is 0 Å². The molecule has 1 heterocycles. The first-order valence-corrected chi connectivity index (χ1v) is 5.99. The number of anilines is 1. The summed E-state index contributed by atoms with van der Waals surface area (Å²) < 4.78 is 10.7. The third-order valence-electron chi connectivity index (χ3n) is 2.77. The van der Waals surface area contributed by atoms with Crippen molar-refractivity contribution in [3.63, 3.8) is 0 Å². The van der Waals surface area contributed by atoms with Crippen molar-refractivity contribution in [2.24, 2.45) is 0 Å². The molecule has 4 N–H and O–H groups in total. The number of ether oxygens (including phenoxy) is 2. The van der Waals surface area contributed by atoms with Crippen LogP contribution in [-0.2, 0) is 6.61 Å². The fraction of sp³-hybridized carbons (Fsp3) is 0.143. The molecular formula is C14H14N2O5. The van der Waals surface area contributed by atoms with Gasteiger partial charge in [-0.2, -0.15) is 0 Å². The van der Waals surface area contributed by atoms with Crippen LogP contribution in [0.2, 0.25) is 0 Å². The Morgan fingerprint density at radius 3 is 2.71 bits per heavy atom. The molecular weight excluding hydrogens is 276 g/mol. The van der Waals surface area contributed by atoms with Gasteiger partial charge in [0.25, 0.3) is 0 Å². The van der Waals surface area contributed by atoms with Crippen molar-refractivity contribution in [2.75, 3.05) is 12.8 Å². The highest BCUT2D eigenvalue weighted by atomic mass is 16.5. The minimum atomic E-state index is -1.16. The number of aromatic nitrogens is 1. The number of benzene rings is 1. The lowest BCUT2D eigenvalue weighted by molar-refractivity contribution is 0.0697. The van der Waals surface area contributed by atoms with Crippen LogP contribution in [0.5, 0.6) is 17.4 Å². The monoisotopic (exact) mass is 290 g/mol. The van der Waals surface area contributed by atoms with Gasteiger partial charge in [-0.25, -0.2) is 9.78 Å². The first kappa shape index (κ1) is 14.6. The fourth-order valence-electron chi connectivity index (χ4n) is 1.70. The Balaban J connectivity index is 2.34. The van der Waals surface area contributed by atoms with E-state index in [-0.39, 0.29) is 23.7 Å². The van der Waals surface area contributed by atoms with Gasteiger partial charge in [0.2, 0.25) is 5.88 Å². The Hall–Kier alpha value is -2.80. The second kappa shape index (κ2) is 6.10. The quantitative estimate of drug-likeness (QED) is 0.766. The maximum Gasteiger partial charge on any atom is 0.338 e. The maximum absolute atomic E-state index is 11.0. The van der Waals surface area contributed by atoms with Crippen LogP contribution in [-0.4, -0.2) is 28.3 Å². The van der Waals surface area contributed by atoms with E-state index in [1.54, 1.807) is 18.2 Å². The number of nitrogen functional groups attached to an aromatic ring is 1. The van der Waals surface area contributed by atoms with Gasteiger partial charge in [-0.05, 0) is 17.7 Å². The van der Waals surface area contributed by atoms with Crippen molar-refractivity contribution >= 4 is 11.7 Å². The first-order valence-electron chi connectivity index (χ1n) is 5.99. The van der Waals surface area contributed by atoms with E-state index in [2.05, 4.69) is 4.98 Å². The molecule has 2 rings (SSSR count). The maximum atomic E-state index is 11.0. The van der Waals surface area contributed by atoms with Crippen LogP contribution < -0.4 is 15.2 Å². The molecule has 0 saturated heterocycles. The molecule has 0 saturated carbocycles. The van der Waals surface area contributed by atoms with Gasteiger partial charge < -0.3 is 25.4 Å². The van der Waals surface area contributed by atoms with Gasteiger partial charge in [0.05, 0.1) is 31.2 Å². The van der Waals surface area contributed by atoms with Crippen molar-refractivity contribution in [3.05, 3.63) is 41.6 Å². The van der Waals surface area contributed by atoms with E-state index in [0.29, 0.717) is 17.1 Å². The zero-order valence-electron chi connectivity index (χ0n) is 11.2. The molecule has 7 heteroatoms. The highest BCUT2D eigenvalue weighted by molar-refractivity contribution is 5.93. The Morgan fingerprint density at radius 1 is 1.33 bits per heavy atom. The number of pyridine rings is 1. The Bertz CT molecular complexity index is 672. The van der Waals surface area contributed by atoms with E-state index in [0.717, 1.165) is 0 Å². The Morgan fingerprint density at radius 2 is 2.10 bits per heavy atom. The normalized spacial score (nSPS) is 10.2. The summed E-state index contributed by atoms with van der Waals surface area (Å²) in [6, 6.07) is 6.11. The predicted molar refractivity (Wildman–Crippen MR) is 74.6 cm³/mol. The lowest BCUT2D eigenvalue weighted by Crippen LogP contribution is -2.04. The Labute approximate surface area is 120 Å². The van der Waals surface area contributed by atoms with Crippen LogP contribution in [0.15, 0.2) is 30.5 Å². The molecule has 0 aliphatic rings. The van der Waals surface area contributed by atoms with Crippen LogP contribution in [0.1, 0.15) is 15.9 Å². The average molecular weight is 290 g/mol. The van der Waals surface area contributed by atoms with Crippen LogP contribution >= 0.6 is 0 Å². The van der Waals surface area contributed by atoms with Crippen LogP contribution in [0, 0.1) is 0 Å². The predicted octanol–water partition coefficient (Wildman–Crippen LogP) is 1.66. The number of hydrogen-bond acceptors (Lipinski definition) is 6. The molecule has 1 aromatic heterocycles. The fourth-order valence-corrected chi connectivity index (χ4v) is 1.70. The third kappa shape index (κ3) is 3.21. The number of rotatable bonds is 5. The molecule has 0 atom stereocenters. The summed E-state index contributed by atoms with van der Waals surface area (Å²) in [5.74, 6) is -0.334. The largest absolute Gasteiger partial charge is 0.493 e. The third-order valence-corrected chi connectivity index (χ3v) is 2.77. The lowest BCUT2D eigenvalue weighted by Gasteiger charge is -2.11. The average Bonchev–Trinajstić information content (AvgIpc) is 2.49. The minimum absolute atomic E-state index is 0.0532. The minimum Gasteiger partial charge on any atom is -0.493 e. The van der Waals surface area contributed by atoms with Gasteiger partial charge in [0, 0.05) is 6.07 Å². The number of methoxy groups -OCH3 is 1. The molecule has 1 aromatic carbocycles. The van der Waals surface area contributed by atoms with Crippen LogP contribution in [0.4, 0.5) is 5.69 Å². The standard InChI is InChI=1S/C14H14N2O5/c1-20-12-4-8(7-17)2-3-11(12)21-13-5-9(14(18)19)10(15)6-16-13/h2-6,17H,7,15H2,1H3,(H,18,19). The molecule has 0 unspecified atom stereocenters. The molecule has 7 nitrogen and oxygen atoms in total. The summed E-state index contributed by atoms with van der Waals surface area (Å²) in [6.07, 6.45) is 1.22. The molecule has 2 aromatic rings. The molecule has 0 bridgehead atoms. The smallest absolute Gasteiger partial charge is 0.338 e. The van der Waals surface area contributed by atoms with Crippen molar-refractivity contribution in [1.82, 2.24) is 4.98 Å². The van der Waals surface area contributed by atoms with Crippen molar-refractivity contribution in [1.29, 1.82) is 0 Å². The first-order chi connectivity index (χ1) is 10.0. The van der Waals surface area contributed by atoms with Gasteiger partial charge in [-0.1, -0.05) is 6.07 Å². The topological polar surface area (TPSA) is 115 Å². The zero-order valence-corrected chi connectivity index (χ0v) is 11.2. The lowest BCUT2D eigenvalue weighted by atomic mass is 10.2. The highest BCUT2D eigenvalue weighted by Gasteiger charge is 2.13. The van der Waals surface area contributed by atoms with E-state index in [9.17, 15) is 4.79 Å². The number of carboxylic acid groups (broad SMARTS) is 1. The zero-order chi connectivity index (χ0) is 15.4. The molecule has 0 radical (unpaired) electrons. The van der Waals surface area contributed by atoms with E-state index in [1.807, 2.05) is 0 Å². The van der Waals surface area contributed by atoms with Gasteiger partial charge in [0.15, 0.2) is 11.5 Å². The number of nitrogens with zero attached hydrogens (tertiary/aromatic N) is 1. The number of aliphatic hydroxyl groups excluding tert-OH is 1. The van der Waals surface area contributed by atoms with Crippen molar-refractivity contribution in [2.45, 2.75) is 6.61 Å². The summed E-state index contributed by atoms with van der Waals surface area (Å²) in [5.41, 5.74) is 6.15. The van der Waals surface area contributed by atoms with Crippen LogP contribution in [0.3, 0.4) is 0 Å². The summed E-state index contributed by atoms with van der Waals surface area (Å²) in [6.45, 7) is -0.125. The number of carboxylic acids is 1. The molecule has 0 spiro atoms. The van der Waals surface area contributed by atoms with Gasteiger partial charge in [-0.15, -0.1) is 0 Å². The number of aliphatic hydroxyl groups is 1. The SMILES string of the molecule is COc1cc(CO)ccc1Oc1cc(C(=O)O)c(N)cn1. The van der Waals surface area contributed by atoms with Crippen molar-refractivity contribution < 1.29 is 24.5 Å². The molecule has 0 aliphatic carbocycles. The summed E-state index contributed by atoms with van der Waals surface area (Å²) in [4.78, 5) is 14.9. The molecule has 110 valence electrons. The second-order valence-electron chi connectivity index (χ2n) is 4.16. The van der Waals surface area contributed by atoms with E-state index >= 15 is 0 Å². The number of aromatic carboxylic acids is 1. The second-order valence-corrected chi connectivity index (χ2v) is 4.16.